The fraction of sp³-hybridized carbons (Fsp3) is 0.192. The summed E-state index contributed by atoms with van der Waals surface area (Å²) in [5.74, 6) is -0.450. The first-order valence-electron chi connectivity index (χ1n) is 10.6. The number of carbonyl (C=O) groups excluding carboxylic acids is 2. The van der Waals surface area contributed by atoms with Crippen molar-refractivity contribution in [1.82, 2.24) is 5.43 Å². The van der Waals surface area contributed by atoms with Crippen LogP contribution in [0.25, 0.3) is 0 Å². The van der Waals surface area contributed by atoms with E-state index in [0.29, 0.717) is 28.2 Å². The topological polar surface area (TPSA) is 106 Å². The van der Waals surface area contributed by atoms with Gasteiger partial charge in [0, 0.05) is 0 Å². The number of esters is 1. The van der Waals surface area contributed by atoms with Gasteiger partial charge in [-0.25, -0.2) is 10.2 Å². The van der Waals surface area contributed by atoms with Crippen molar-refractivity contribution in [2.45, 2.75) is 12.5 Å². The van der Waals surface area contributed by atoms with Gasteiger partial charge in [0.05, 0.1) is 19.9 Å². The molecule has 8 nitrogen and oxygen atoms in total. The SMILES string of the molecule is CCOC(=O)COc1ccc(C=NNC(=O)C(O)(c2ccccc2)c2ccccc2)cc1OC. The summed E-state index contributed by atoms with van der Waals surface area (Å²) >= 11 is 0. The second-order valence-electron chi connectivity index (χ2n) is 7.15. The van der Waals surface area contributed by atoms with Gasteiger partial charge >= 0.3 is 5.97 Å². The molecule has 0 heterocycles. The summed E-state index contributed by atoms with van der Waals surface area (Å²) in [5.41, 5.74) is 1.93. The van der Waals surface area contributed by atoms with Crippen LogP contribution in [0.5, 0.6) is 11.5 Å². The minimum Gasteiger partial charge on any atom is -0.493 e. The number of hydrogen-bond acceptors (Lipinski definition) is 7. The molecule has 176 valence electrons. The molecule has 0 fully saturated rings. The van der Waals surface area contributed by atoms with E-state index in [9.17, 15) is 14.7 Å². The molecule has 0 saturated carbocycles. The molecular weight excluding hydrogens is 436 g/mol. The number of hydrogen-bond donors (Lipinski definition) is 2. The number of rotatable bonds is 10. The number of methoxy groups -OCH3 is 1. The zero-order valence-corrected chi connectivity index (χ0v) is 18.9. The van der Waals surface area contributed by atoms with Crippen molar-refractivity contribution in [2.75, 3.05) is 20.3 Å². The van der Waals surface area contributed by atoms with Gasteiger partial charge in [-0.05, 0) is 41.8 Å². The summed E-state index contributed by atoms with van der Waals surface area (Å²) in [6.45, 7) is 1.74. The molecule has 0 radical (unpaired) electrons. The quantitative estimate of drug-likeness (QED) is 0.273. The van der Waals surface area contributed by atoms with Crippen LogP contribution in [0.3, 0.4) is 0 Å². The molecule has 0 aliphatic carbocycles. The lowest BCUT2D eigenvalue weighted by atomic mass is 9.85. The Hall–Kier alpha value is -4.17. The van der Waals surface area contributed by atoms with Gasteiger partial charge < -0.3 is 19.3 Å². The number of amides is 1. The van der Waals surface area contributed by atoms with E-state index in [0.717, 1.165) is 0 Å². The maximum atomic E-state index is 13.1. The predicted octanol–water partition coefficient (Wildman–Crippen LogP) is 3.02. The maximum absolute atomic E-state index is 13.1. The zero-order chi connectivity index (χ0) is 24.4. The van der Waals surface area contributed by atoms with E-state index < -0.39 is 17.5 Å². The summed E-state index contributed by atoms with van der Waals surface area (Å²) in [4.78, 5) is 24.6. The number of ether oxygens (including phenoxy) is 3. The molecule has 0 atom stereocenters. The molecule has 8 heteroatoms. The Morgan fingerprint density at radius 2 is 1.59 bits per heavy atom. The third-order valence-electron chi connectivity index (χ3n) is 4.93. The minimum absolute atomic E-state index is 0.245. The molecule has 0 unspecified atom stereocenters. The van der Waals surface area contributed by atoms with Gasteiger partial charge in [0.25, 0.3) is 5.91 Å². The molecule has 0 aliphatic heterocycles. The lowest BCUT2D eigenvalue weighted by molar-refractivity contribution is -0.145. The van der Waals surface area contributed by atoms with Crippen LogP contribution in [0.1, 0.15) is 23.6 Å². The Labute approximate surface area is 197 Å². The molecule has 3 rings (SSSR count). The Kier molecular flexibility index (Phi) is 8.37. The summed E-state index contributed by atoms with van der Waals surface area (Å²) in [6, 6.07) is 22.2. The summed E-state index contributed by atoms with van der Waals surface area (Å²) < 4.78 is 15.6. The first-order valence-corrected chi connectivity index (χ1v) is 10.6. The van der Waals surface area contributed by atoms with Crippen molar-refractivity contribution in [3.05, 3.63) is 95.6 Å². The Morgan fingerprint density at radius 1 is 0.971 bits per heavy atom. The molecule has 2 N–H and O–H groups in total. The highest BCUT2D eigenvalue weighted by molar-refractivity contribution is 5.91. The molecule has 0 saturated heterocycles. The second kappa shape index (κ2) is 11.6. The highest BCUT2D eigenvalue weighted by Crippen LogP contribution is 2.30. The smallest absolute Gasteiger partial charge is 0.344 e. The lowest BCUT2D eigenvalue weighted by Gasteiger charge is -2.27. The van der Waals surface area contributed by atoms with E-state index in [1.807, 2.05) is 0 Å². The third kappa shape index (κ3) is 5.79. The lowest BCUT2D eigenvalue weighted by Crippen LogP contribution is -2.43. The van der Waals surface area contributed by atoms with Crippen LogP contribution < -0.4 is 14.9 Å². The van der Waals surface area contributed by atoms with E-state index in [-0.39, 0.29) is 13.2 Å². The van der Waals surface area contributed by atoms with Crippen molar-refractivity contribution in [2.24, 2.45) is 5.10 Å². The molecule has 3 aromatic carbocycles. The Balaban J connectivity index is 1.75. The first-order chi connectivity index (χ1) is 16.5. The maximum Gasteiger partial charge on any atom is 0.344 e. The van der Waals surface area contributed by atoms with Crippen LogP contribution >= 0.6 is 0 Å². The van der Waals surface area contributed by atoms with Crippen LogP contribution in [0, 0.1) is 0 Å². The molecule has 3 aromatic rings. The fourth-order valence-corrected chi connectivity index (χ4v) is 3.26. The zero-order valence-electron chi connectivity index (χ0n) is 18.9. The van der Waals surface area contributed by atoms with Crippen LogP contribution in [-0.4, -0.2) is 43.5 Å². The summed E-state index contributed by atoms with van der Waals surface area (Å²) in [6.07, 6.45) is 1.41. The van der Waals surface area contributed by atoms with E-state index in [2.05, 4.69) is 10.5 Å². The van der Waals surface area contributed by atoms with Gasteiger partial charge in [-0.3, -0.25) is 4.79 Å². The largest absolute Gasteiger partial charge is 0.493 e. The third-order valence-corrected chi connectivity index (χ3v) is 4.93. The number of nitrogens with one attached hydrogen (secondary N) is 1. The molecular formula is C26H26N2O6. The number of hydrazone groups is 1. The Morgan fingerprint density at radius 3 is 2.15 bits per heavy atom. The number of benzene rings is 3. The highest BCUT2D eigenvalue weighted by atomic mass is 16.6. The molecule has 0 spiro atoms. The van der Waals surface area contributed by atoms with Gasteiger partial charge in [-0.15, -0.1) is 0 Å². The van der Waals surface area contributed by atoms with Gasteiger partial charge in [-0.1, -0.05) is 60.7 Å². The van der Waals surface area contributed by atoms with Gasteiger partial charge in [0.1, 0.15) is 0 Å². The van der Waals surface area contributed by atoms with E-state index in [4.69, 9.17) is 14.2 Å². The van der Waals surface area contributed by atoms with E-state index >= 15 is 0 Å². The Bertz CT molecular complexity index is 1090. The second-order valence-corrected chi connectivity index (χ2v) is 7.15. The van der Waals surface area contributed by atoms with E-state index in [1.165, 1.54) is 13.3 Å². The normalized spacial score (nSPS) is 11.1. The molecule has 0 bridgehead atoms. The number of carbonyl (C=O) groups is 2. The monoisotopic (exact) mass is 462 g/mol. The van der Waals surface area contributed by atoms with Crippen molar-refractivity contribution in [3.8, 4) is 11.5 Å². The van der Waals surface area contributed by atoms with Crippen molar-refractivity contribution >= 4 is 18.1 Å². The van der Waals surface area contributed by atoms with Crippen LogP contribution in [-0.2, 0) is 19.9 Å². The molecule has 0 aliphatic rings. The van der Waals surface area contributed by atoms with Crippen LogP contribution in [0.4, 0.5) is 0 Å². The first kappa shape index (κ1) is 24.5. The van der Waals surface area contributed by atoms with Gasteiger partial charge in [-0.2, -0.15) is 5.10 Å². The predicted molar refractivity (Wildman–Crippen MR) is 127 cm³/mol. The molecule has 0 aromatic heterocycles. The number of aliphatic hydroxyl groups is 1. The van der Waals surface area contributed by atoms with Gasteiger partial charge in [0.15, 0.2) is 23.7 Å². The molecule has 1 amide bonds. The van der Waals surface area contributed by atoms with Gasteiger partial charge in [0.2, 0.25) is 0 Å². The van der Waals surface area contributed by atoms with Crippen molar-refractivity contribution in [3.63, 3.8) is 0 Å². The number of nitrogens with zero attached hydrogens (tertiary/aromatic N) is 1. The van der Waals surface area contributed by atoms with Crippen LogP contribution in [0.15, 0.2) is 84.0 Å². The summed E-state index contributed by atoms with van der Waals surface area (Å²) in [5, 5.41) is 15.4. The highest BCUT2D eigenvalue weighted by Gasteiger charge is 2.39. The van der Waals surface area contributed by atoms with Crippen LogP contribution in [0.2, 0.25) is 0 Å². The fourth-order valence-electron chi connectivity index (χ4n) is 3.26. The summed E-state index contributed by atoms with van der Waals surface area (Å²) in [7, 11) is 1.47. The van der Waals surface area contributed by atoms with Crippen molar-refractivity contribution in [1.29, 1.82) is 0 Å². The standard InChI is InChI=1S/C26H26N2O6/c1-3-33-24(29)18-34-22-15-14-19(16-23(22)32-2)17-27-28-25(30)26(31,20-10-6-4-7-11-20)21-12-8-5-9-13-21/h4-17,31H,3,18H2,1-2H3,(H,28,30). The average Bonchev–Trinajstić information content (AvgIpc) is 2.88. The van der Waals surface area contributed by atoms with E-state index in [1.54, 1.807) is 85.8 Å². The average molecular weight is 463 g/mol. The van der Waals surface area contributed by atoms with Crippen molar-refractivity contribution < 1.29 is 28.9 Å². The molecule has 34 heavy (non-hydrogen) atoms. The minimum atomic E-state index is -1.93.